The van der Waals surface area contributed by atoms with E-state index < -0.39 is 11.8 Å². The van der Waals surface area contributed by atoms with E-state index in [9.17, 15) is 14.0 Å². The zero-order valence-electron chi connectivity index (χ0n) is 10.6. The number of hydrogen-bond acceptors (Lipinski definition) is 3. The van der Waals surface area contributed by atoms with Crippen LogP contribution >= 0.6 is 11.8 Å². The maximum Gasteiger partial charge on any atom is 0.328 e. The predicted molar refractivity (Wildman–Crippen MR) is 77.1 cm³/mol. The average molecular weight is 295 g/mol. The van der Waals surface area contributed by atoms with E-state index in [1.807, 2.05) is 0 Å². The van der Waals surface area contributed by atoms with Crippen molar-refractivity contribution in [3.8, 4) is 0 Å². The molecule has 1 aliphatic heterocycles. The highest BCUT2D eigenvalue weighted by atomic mass is 32.2. The first-order chi connectivity index (χ1) is 9.56. The third-order valence-corrected chi connectivity index (χ3v) is 4.13. The van der Waals surface area contributed by atoms with Gasteiger partial charge in [0.1, 0.15) is 5.82 Å². The third kappa shape index (κ3) is 3.84. The van der Waals surface area contributed by atoms with Gasteiger partial charge in [-0.25, -0.2) is 9.18 Å². The van der Waals surface area contributed by atoms with Gasteiger partial charge in [-0.2, -0.15) is 11.8 Å². The van der Waals surface area contributed by atoms with Crippen LogP contribution in [0.3, 0.4) is 0 Å². The van der Waals surface area contributed by atoms with Gasteiger partial charge < -0.3 is 10.4 Å². The minimum Gasteiger partial charge on any atom is -0.478 e. The highest BCUT2D eigenvalue weighted by Crippen LogP contribution is 2.25. The van der Waals surface area contributed by atoms with Gasteiger partial charge in [0, 0.05) is 29.0 Å². The molecule has 1 aromatic rings. The molecule has 0 aliphatic carbocycles. The minimum atomic E-state index is -1.15. The molecule has 6 heteroatoms. The summed E-state index contributed by atoms with van der Waals surface area (Å²) in [7, 11) is 0. The maximum absolute atomic E-state index is 13.5. The summed E-state index contributed by atoms with van der Waals surface area (Å²) in [5.41, 5.74) is 0.601. The summed E-state index contributed by atoms with van der Waals surface area (Å²) in [5, 5.41) is 11.3. The molecule has 0 bridgehead atoms. The fourth-order valence-corrected chi connectivity index (χ4v) is 3.12. The lowest BCUT2D eigenvalue weighted by atomic mass is 10.1. The van der Waals surface area contributed by atoms with Gasteiger partial charge in [0.15, 0.2) is 0 Å². The van der Waals surface area contributed by atoms with Crippen LogP contribution in [0.4, 0.5) is 10.1 Å². The van der Waals surface area contributed by atoms with Crippen molar-refractivity contribution in [2.75, 3.05) is 16.8 Å². The molecule has 1 aromatic carbocycles. The molecule has 1 saturated heterocycles. The van der Waals surface area contributed by atoms with Crippen molar-refractivity contribution in [1.82, 2.24) is 0 Å². The number of anilines is 1. The fourth-order valence-electron chi connectivity index (χ4n) is 1.90. The van der Waals surface area contributed by atoms with Crippen LogP contribution in [-0.4, -0.2) is 28.5 Å². The molecule has 4 nitrogen and oxygen atoms in total. The van der Waals surface area contributed by atoms with E-state index in [4.69, 9.17) is 5.11 Å². The molecule has 2 N–H and O–H groups in total. The number of thioether (sulfide) groups is 1. The summed E-state index contributed by atoms with van der Waals surface area (Å²) in [6.45, 7) is 0. The number of halogens is 1. The summed E-state index contributed by atoms with van der Waals surface area (Å²) < 4.78 is 13.5. The van der Waals surface area contributed by atoms with Gasteiger partial charge in [-0.15, -0.1) is 0 Å². The molecule has 0 saturated carbocycles. The number of carboxylic acid groups (broad SMARTS) is 1. The second kappa shape index (κ2) is 6.56. The Morgan fingerprint density at radius 2 is 2.25 bits per heavy atom. The minimum absolute atomic E-state index is 0.0111. The number of hydrogen-bond donors (Lipinski definition) is 2. The zero-order chi connectivity index (χ0) is 14.5. The summed E-state index contributed by atoms with van der Waals surface area (Å²) in [6.07, 6.45) is 2.87. The lowest BCUT2D eigenvalue weighted by molar-refractivity contribution is -0.131. The number of carbonyl (C=O) groups is 2. The van der Waals surface area contributed by atoms with Gasteiger partial charge in [-0.1, -0.05) is 0 Å². The Hall–Kier alpha value is -1.82. The third-order valence-electron chi connectivity index (χ3n) is 2.97. The standard InChI is InChI=1S/C14H14FNO3S/c15-12-3-2-11(7-9(12)1-4-13(17)18)16-14(19)10-5-6-20-8-10/h1-4,7,10H,5-6,8H2,(H,16,19)(H,17,18)/b4-1+. The highest BCUT2D eigenvalue weighted by Gasteiger charge is 2.23. The second-order valence-electron chi connectivity index (χ2n) is 4.46. The molecular formula is C14H14FNO3S. The first kappa shape index (κ1) is 14.6. The Morgan fingerprint density at radius 1 is 1.45 bits per heavy atom. The number of carbonyl (C=O) groups excluding carboxylic acids is 1. The molecule has 0 spiro atoms. The SMILES string of the molecule is O=C(O)/C=C/c1cc(NC(=O)C2CCSC2)ccc1F. The van der Waals surface area contributed by atoms with Crippen molar-refractivity contribution < 1.29 is 19.1 Å². The van der Waals surface area contributed by atoms with Crippen LogP contribution in [0.1, 0.15) is 12.0 Å². The summed E-state index contributed by atoms with van der Waals surface area (Å²) in [4.78, 5) is 22.4. The fraction of sp³-hybridized carbons (Fsp3) is 0.286. The number of rotatable bonds is 4. The quantitative estimate of drug-likeness (QED) is 0.838. The van der Waals surface area contributed by atoms with Crippen LogP contribution in [0.15, 0.2) is 24.3 Å². The molecule has 1 amide bonds. The molecule has 1 heterocycles. The predicted octanol–water partition coefficient (Wildman–Crippen LogP) is 2.62. The molecule has 1 atom stereocenters. The molecule has 0 aromatic heterocycles. The van der Waals surface area contributed by atoms with Crippen molar-refractivity contribution in [3.05, 3.63) is 35.7 Å². The first-order valence-electron chi connectivity index (χ1n) is 6.15. The number of benzene rings is 1. The average Bonchev–Trinajstić information content (AvgIpc) is 2.93. The monoisotopic (exact) mass is 295 g/mol. The van der Waals surface area contributed by atoms with E-state index in [1.54, 1.807) is 11.8 Å². The lowest BCUT2D eigenvalue weighted by Crippen LogP contribution is -2.22. The molecule has 1 fully saturated rings. The summed E-state index contributed by atoms with van der Waals surface area (Å²) >= 11 is 1.74. The van der Waals surface area contributed by atoms with Crippen molar-refractivity contribution in [2.45, 2.75) is 6.42 Å². The van der Waals surface area contributed by atoms with E-state index in [1.165, 1.54) is 24.3 Å². The second-order valence-corrected chi connectivity index (χ2v) is 5.61. The number of amides is 1. The van der Waals surface area contributed by atoms with Crippen molar-refractivity contribution in [1.29, 1.82) is 0 Å². The maximum atomic E-state index is 13.5. The van der Waals surface area contributed by atoms with Crippen molar-refractivity contribution >= 4 is 35.4 Å². The van der Waals surface area contributed by atoms with Gasteiger partial charge in [-0.3, -0.25) is 4.79 Å². The molecule has 1 aliphatic rings. The van der Waals surface area contributed by atoms with Gasteiger partial charge in [0.05, 0.1) is 0 Å². The normalized spacial score (nSPS) is 18.4. The smallest absolute Gasteiger partial charge is 0.328 e. The lowest BCUT2D eigenvalue weighted by Gasteiger charge is -2.10. The van der Waals surface area contributed by atoms with E-state index in [-0.39, 0.29) is 17.4 Å². The van der Waals surface area contributed by atoms with Gasteiger partial charge in [0.25, 0.3) is 0 Å². The Kier molecular flexibility index (Phi) is 4.79. The van der Waals surface area contributed by atoms with Crippen LogP contribution in [0.2, 0.25) is 0 Å². The van der Waals surface area contributed by atoms with Crippen LogP contribution < -0.4 is 5.32 Å². The van der Waals surface area contributed by atoms with E-state index in [0.29, 0.717) is 5.69 Å². The Morgan fingerprint density at radius 3 is 2.90 bits per heavy atom. The van der Waals surface area contributed by atoms with Crippen LogP contribution in [-0.2, 0) is 9.59 Å². The molecule has 2 rings (SSSR count). The number of aliphatic carboxylic acids is 1. The van der Waals surface area contributed by atoms with Crippen LogP contribution in [0, 0.1) is 11.7 Å². The molecule has 1 unspecified atom stereocenters. The summed E-state index contributed by atoms with van der Waals surface area (Å²) in [5.74, 6) is 0.0176. The number of carboxylic acids is 1. The van der Waals surface area contributed by atoms with Gasteiger partial charge in [-0.05, 0) is 36.4 Å². The topological polar surface area (TPSA) is 66.4 Å². The van der Waals surface area contributed by atoms with E-state index in [0.717, 1.165) is 24.0 Å². The highest BCUT2D eigenvalue weighted by molar-refractivity contribution is 7.99. The van der Waals surface area contributed by atoms with Gasteiger partial charge >= 0.3 is 5.97 Å². The number of nitrogens with one attached hydrogen (secondary N) is 1. The van der Waals surface area contributed by atoms with Gasteiger partial charge in [0.2, 0.25) is 5.91 Å². The van der Waals surface area contributed by atoms with Crippen LogP contribution in [0.25, 0.3) is 6.08 Å². The van der Waals surface area contributed by atoms with E-state index >= 15 is 0 Å². The van der Waals surface area contributed by atoms with Crippen LogP contribution in [0.5, 0.6) is 0 Å². The largest absolute Gasteiger partial charge is 0.478 e. The van der Waals surface area contributed by atoms with E-state index in [2.05, 4.69) is 5.32 Å². The Bertz CT molecular complexity index is 553. The molecule has 20 heavy (non-hydrogen) atoms. The molecule has 0 radical (unpaired) electrons. The first-order valence-corrected chi connectivity index (χ1v) is 7.31. The van der Waals surface area contributed by atoms with Crippen molar-refractivity contribution in [3.63, 3.8) is 0 Å². The Labute approximate surface area is 120 Å². The van der Waals surface area contributed by atoms with Crippen molar-refractivity contribution in [2.24, 2.45) is 5.92 Å². The summed E-state index contributed by atoms with van der Waals surface area (Å²) in [6, 6.07) is 4.10. The zero-order valence-corrected chi connectivity index (χ0v) is 11.5. The Balaban J connectivity index is 2.10. The molecule has 106 valence electrons. The molecular weight excluding hydrogens is 281 g/mol.